The fourth-order valence-electron chi connectivity index (χ4n) is 1.34. The van der Waals surface area contributed by atoms with Gasteiger partial charge in [0.15, 0.2) is 0 Å². The average molecular weight is 188 g/mol. The Morgan fingerprint density at radius 2 is 2.21 bits per heavy atom. The first-order chi connectivity index (χ1) is 6.75. The topological polar surface area (TPSA) is 68.7 Å². The van der Waals surface area contributed by atoms with Crippen LogP contribution in [0.3, 0.4) is 0 Å². The highest BCUT2D eigenvalue weighted by molar-refractivity contribution is 5.85. The predicted octanol–water partition coefficient (Wildman–Crippen LogP) is 1.39. The third-order valence-electron chi connectivity index (χ3n) is 1.97. The van der Waals surface area contributed by atoms with Crippen LogP contribution in [0.5, 0.6) is 0 Å². The number of anilines is 1. The molecule has 2 aromatic rings. The van der Waals surface area contributed by atoms with Gasteiger partial charge in [0.05, 0.1) is 6.54 Å². The zero-order valence-electron chi connectivity index (χ0n) is 7.50. The van der Waals surface area contributed by atoms with Gasteiger partial charge in [0, 0.05) is 10.9 Å². The van der Waals surface area contributed by atoms with Crippen LogP contribution in [0.2, 0.25) is 0 Å². The molecule has 1 radical (unpaired) electrons. The van der Waals surface area contributed by atoms with Gasteiger partial charge in [-0.1, -0.05) is 18.2 Å². The van der Waals surface area contributed by atoms with Crippen LogP contribution >= 0.6 is 0 Å². The molecule has 0 fully saturated rings. The molecule has 4 heteroatoms. The van der Waals surface area contributed by atoms with Gasteiger partial charge < -0.3 is 10.3 Å². The minimum Gasteiger partial charge on any atom is -0.362 e. The van der Waals surface area contributed by atoms with Crippen molar-refractivity contribution in [3.63, 3.8) is 0 Å². The molecule has 0 saturated carbocycles. The number of carbonyl (C=O) groups is 1. The van der Waals surface area contributed by atoms with Crippen molar-refractivity contribution in [1.82, 2.24) is 10.7 Å². The molecular weight excluding hydrogens is 178 g/mol. The smallest absolute Gasteiger partial charge is 0.257 e. The Morgan fingerprint density at radius 3 is 2.93 bits per heavy atom. The van der Waals surface area contributed by atoms with Crippen LogP contribution in [0.1, 0.15) is 0 Å². The fourth-order valence-corrected chi connectivity index (χ4v) is 1.34. The summed E-state index contributed by atoms with van der Waals surface area (Å²) in [5.41, 5.74) is 7.77. The molecule has 0 bridgehead atoms. The number of aromatic nitrogens is 1. The van der Waals surface area contributed by atoms with Crippen molar-refractivity contribution in [2.24, 2.45) is 0 Å². The Morgan fingerprint density at radius 1 is 1.43 bits per heavy atom. The first-order valence-corrected chi connectivity index (χ1v) is 4.32. The molecule has 0 spiro atoms. The lowest BCUT2D eigenvalue weighted by molar-refractivity contribution is -0.117. The molecule has 1 heterocycles. The lowest BCUT2D eigenvalue weighted by Gasteiger charge is -1.97. The maximum absolute atomic E-state index is 10.4. The van der Waals surface area contributed by atoms with Gasteiger partial charge in [-0.25, -0.2) is 0 Å². The number of para-hydroxylation sites is 1. The van der Waals surface area contributed by atoms with Crippen LogP contribution in [0.25, 0.3) is 10.9 Å². The number of aromatic amines is 1. The molecular formula is C10H10N3O. The fraction of sp³-hybridized carbons (Fsp3) is 0.100. The Bertz CT molecular complexity index is 428. The van der Waals surface area contributed by atoms with Gasteiger partial charge in [-0.2, -0.15) is 0 Å². The third kappa shape index (κ3) is 1.69. The number of amides is 1. The van der Waals surface area contributed by atoms with Crippen molar-refractivity contribution in [2.75, 3.05) is 11.9 Å². The summed E-state index contributed by atoms with van der Waals surface area (Å²) in [7, 11) is 0. The van der Waals surface area contributed by atoms with E-state index in [0.717, 1.165) is 16.7 Å². The summed E-state index contributed by atoms with van der Waals surface area (Å²) >= 11 is 0. The SMILES string of the molecule is [NH]C(=O)CNc1cc2ccccc2[nH]1. The summed E-state index contributed by atoms with van der Waals surface area (Å²) in [5, 5.41) is 3.93. The molecule has 0 aliphatic rings. The van der Waals surface area contributed by atoms with Crippen molar-refractivity contribution in [3.05, 3.63) is 30.3 Å². The zero-order valence-corrected chi connectivity index (χ0v) is 7.50. The van der Waals surface area contributed by atoms with Crippen LogP contribution in [-0.4, -0.2) is 17.4 Å². The highest BCUT2D eigenvalue weighted by Crippen LogP contribution is 2.17. The molecule has 0 aliphatic heterocycles. The average Bonchev–Trinajstić information content (AvgIpc) is 2.57. The number of rotatable bonds is 3. The molecule has 0 unspecified atom stereocenters. The van der Waals surface area contributed by atoms with Gasteiger partial charge in [-0.3, -0.25) is 10.5 Å². The highest BCUT2D eigenvalue weighted by Gasteiger charge is 2.00. The zero-order chi connectivity index (χ0) is 9.97. The summed E-state index contributed by atoms with van der Waals surface area (Å²) in [6.45, 7) is 0.0345. The molecule has 14 heavy (non-hydrogen) atoms. The molecule has 1 amide bonds. The van der Waals surface area contributed by atoms with Crippen LogP contribution in [0.4, 0.5) is 5.82 Å². The summed E-state index contributed by atoms with van der Waals surface area (Å²) in [5.74, 6) is 0.149. The van der Waals surface area contributed by atoms with Gasteiger partial charge in [0.25, 0.3) is 5.91 Å². The van der Waals surface area contributed by atoms with E-state index in [1.807, 2.05) is 30.3 Å². The Labute approximate surface area is 81.1 Å². The summed E-state index contributed by atoms with van der Waals surface area (Å²) in [6, 6.07) is 9.76. The highest BCUT2D eigenvalue weighted by atomic mass is 16.1. The van der Waals surface area contributed by atoms with E-state index in [1.54, 1.807) is 0 Å². The molecule has 1 aromatic carbocycles. The van der Waals surface area contributed by atoms with Crippen molar-refractivity contribution >= 4 is 22.6 Å². The molecule has 0 aliphatic carbocycles. The van der Waals surface area contributed by atoms with Gasteiger partial charge >= 0.3 is 0 Å². The number of benzene rings is 1. The number of carbonyl (C=O) groups excluding carboxylic acids is 1. The normalized spacial score (nSPS) is 10.3. The van der Waals surface area contributed by atoms with Crippen LogP contribution in [0, 0.1) is 0 Å². The minimum atomic E-state index is -0.622. The summed E-state index contributed by atoms with van der Waals surface area (Å²) in [6.07, 6.45) is 0. The van der Waals surface area contributed by atoms with Crippen LogP contribution in [-0.2, 0) is 4.79 Å². The maximum Gasteiger partial charge on any atom is 0.257 e. The number of nitrogens with one attached hydrogen (secondary N) is 3. The maximum atomic E-state index is 10.4. The van der Waals surface area contributed by atoms with Crippen LogP contribution in [0.15, 0.2) is 30.3 Å². The third-order valence-corrected chi connectivity index (χ3v) is 1.97. The molecule has 1 aromatic heterocycles. The molecule has 3 N–H and O–H groups in total. The summed E-state index contributed by atoms with van der Waals surface area (Å²) in [4.78, 5) is 13.5. The van der Waals surface area contributed by atoms with E-state index in [2.05, 4.69) is 10.3 Å². The van der Waals surface area contributed by atoms with Crippen molar-refractivity contribution < 1.29 is 4.79 Å². The lowest BCUT2D eigenvalue weighted by Crippen LogP contribution is -2.13. The molecule has 0 saturated heterocycles. The Balaban J connectivity index is 2.22. The molecule has 2 rings (SSSR count). The number of hydrogen-bond acceptors (Lipinski definition) is 2. The molecule has 0 atom stereocenters. The Kier molecular flexibility index (Phi) is 2.10. The van der Waals surface area contributed by atoms with Crippen molar-refractivity contribution in [3.8, 4) is 0 Å². The van der Waals surface area contributed by atoms with E-state index in [0.29, 0.717) is 0 Å². The number of hydrogen-bond donors (Lipinski definition) is 2. The largest absolute Gasteiger partial charge is 0.362 e. The van der Waals surface area contributed by atoms with Gasteiger partial charge in [-0.15, -0.1) is 0 Å². The standard InChI is InChI=1S/C10H10N3O/c11-9(14)6-12-10-5-7-3-1-2-4-8(7)13-10/h1-5,11-13H,6H2. The van der Waals surface area contributed by atoms with E-state index >= 15 is 0 Å². The predicted molar refractivity (Wildman–Crippen MR) is 54.9 cm³/mol. The van der Waals surface area contributed by atoms with E-state index in [-0.39, 0.29) is 6.54 Å². The number of H-pyrrole nitrogens is 1. The van der Waals surface area contributed by atoms with Crippen molar-refractivity contribution in [1.29, 1.82) is 0 Å². The molecule has 71 valence electrons. The van der Waals surface area contributed by atoms with E-state index in [4.69, 9.17) is 5.73 Å². The number of fused-ring (bicyclic) bond motifs is 1. The second-order valence-corrected chi connectivity index (χ2v) is 3.05. The van der Waals surface area contributed by atoms with Crippen LogP contribution < -0.4 is 11.1 Å². The second kappa shape index (κ2) is 3.41. The minimum absolute atomic E-state index is 0.0345. The monoisotopic (exact) mass is 188 g/mol. The van der Waals surface area contributed by atoms with E-state index in [9.17, 15) is 4.79 Å². The summed E-state index contributed by atoms with van der Waals surface area (Å²) < 4.78 is 0. The molecule has 4 nitrogen and oxygen atoms in total. The van der Waals surface area contributed by atoms with Gasteiger partial charge in [-0.05, 0) is 12.1 Å². The van der Waals surface area contributed by atoms with Gasteiger partial charge in [0.2, 0.25) is 0 Å². The second-order valence-electron chi connectivity index (χ2n) is 3.05. The van der Waals surface area contributed by atoms with Crippen molar-refractivity contribution in [2.45, 2.75) is 0 Å². The quantitative estimate of drug-likeness (QED) is 0.764. The Hall–Kier alpha value is -1.97. The first-order valence-electron chi connectivity index (χ1n) is 4.32. The first kappa shape index (κ1) is 8.62. The lowest BCUT2D eigenvalue weighted by atomic mass is 10.2. The van der Waals surface area contributed by atoms with E-state index in [1.165, 1.54) is 0 Å². The van der Waals surface area contributed by atoms with Gasteiger partial charge in [0.1, 0.15) is 5.82 Å². The van der Waals surface area contributed by atoms with E-state index < -0.39 is 5.91 Å².